The van der Waals surface area contributed by atoms with Crippen LogP contribution in [-0.2, 0) is 0 Å². The Balaban J connectivity index is 2.06. The van der Waals surface area contributed by atoms with Crippen molar-refractivity contribution in [3.8, 4) is 0 Å². The van der Waals surface area contributed by atoms with Crippen molar-refractivity contribution in [2.45, 2.75) is 24.8 Å². The number of rotatable bonds is 0. The maximum absolute atomic E-state index is 3.57. The van der Waals surface area contributed by atoms with Gasteiger partial charge >= 0.3 is 0 Å². The first kappa shape index (κ1) is 9.44. The first-order valence-electron chi connectivity index (χ1n) is 5.46. The van der Waals surface area contributed by atoms with Crippen molar-refractivity contribution in [1.82, 2.24) is 15.5 Å². The topological polar surface area (TPSA) is 27.3 Å². The van der Waals surface area contributed by atoms with Crippen LogP contribution in [-0.4, -0.2) is 50.2 Å². The number of likely N-dealkylation sites (N-methyl/N-ethyl adjacent to an activating group) is 1. The highest BCUT2D eigenvalue weighted by atomic mass is 15.2. The third-order valence-corrected chi connectivity index (χ3v) is 3.65. The fourth-order valence-corrected chi connectivity index (χ4v) is 2.59. The van der Waals surface area contributed by atoms with Gasteiger partial charge < -0.3 is 10.6 Å². The predicted octanol–water partition coefficient (Wildman–Crippen LogP) is 0.0337. The molecule has 0 aromatic carbocycles. The SMILES string of the molecule is CN1CCCNCC12CCNCC2. The Bertz CT molecular complexity index is 164. The molecule has 2 N–H and O–H groups in total. The minimum atomic E-state index is 0.460. The molecule has 0 unspecified atom stereocenters. The lowest BCUT2D eigenvalue weighted by Crippen LogP contribution is -2.56. The molecule has 2 rings (SSSR count). The molecule has 0 radical (unpaired) electrons. The van der Waals surface area contributed by atoms with Gasteiger partial charge in [0.1, 0.15) is 0 Å². The van der Waals surface area contributed by atoms with Gasteiger partial charge in [-0.15, -0.1) is 0 Å². The first-order chi connectivity index (χ1) is 6.33. The molecular formula is C10H21N3. The number of piperidine rings is 1. The fourth-order valence-electron chi connectivity index (χ4n) is 2.59. The van der Waals surface area contributed by atoms with E-state index in [2.05, 4.69) is 22.6 Å². The van der Waals surface area contributed by atoms with Gasteiger partial charge in [0.2, 0.25) is 0 Å². The summed E-state index contributed by atoms with van der Waals surface area (Å²) >= 11 is 0. The van der Waals surface area contributed by atoms with E-state index in [1.165, 1.54) is 52.0 Å². The standard InChI is InChI=1S/C10H21N3/c1-13-8-2-5-12-9-10(13)3-6-11-7-4-10/h11-12H,2-9H2,1H3. The van der Waals surface area contributed by atoms with E-state index in [0.717, 1.165) is 0 Å². The van der Waals surface area contributed by atoms with Gasteiger partial charge in [0.25, 0.3) is 0 Å². The van der Waals surface area contributed by atoms with Crippen LogP contribution in [0.4, 0.5) is 0 Å². The molecule has 0 aliphatic carbocycles. The summed E-state index contributed by atoms with van der Waals surface area (Å²) in [6.45, 7) is 6.01. The summed E-state index contributed by atoms with van der Waals surface area (Å²) < 4.78 is 0. The van der Waals surface area contributed by atoms with E-state index in [-0.39, 0.29) is 0 Å². The van der Waals surface area contributed by atoms with Crippen molar-refractivity contribution in [1.29, 1.82) is 0 Å². The maximum atomic E-state index is 3.57. The second-order valence-corrected chi connectivity index (χ2v) is 4.43. The molecular weight excluding hydrogens is 162 g/mol. The molecule has 76 valence electrons. The lowest BCUT2D eigenvalue weighted by Gasteiger charge is -2.43. The minimum Gasteiger partial charge on any atom is -0.317 e. The highest BCUT2D eigenvalue weighted by molar-refractivity contribution is 4.96. The Labute approximate surface area is 80.9 Å². The molecule has 3 heteroatoms. The number of nitrogens with zero attached hydrogens (tertiary/aromatic N) is 1. The van der Waals surface area contributed by atoms with Gasteiger partial charge in [0, 0.05) is 12.1 Å². The van der Waals surface area contributed by atoms with Crippen molar-refractivity contribution in [2.75, 3.05) is 39.8 Å². The van der Waals surface area contributed by atoms with Crippen LogP contribution in [0.2, 0.25) is 0 Å². The molecule has 2 saturated heterocycles. The van der Waals surface area contributed by atoms with Crippen LogP contribution in [0, 0.1) is 0 Å². The molecule has 0 atom stereocenters. The van der Waals surface area contributed by atoms with E-state index < -0.39 is 0 Å². The van der Waals surface area contributed by atoms with Gasteiger partial charge in [-0.05, 0) is 52.5 Å². The van der Waals surface area contributed by atoms with Crippen LogP contribution < -0.4 is 10.6 Å². The third-order valence-electron chi connectivity index (χ3n) is 3.65. The van der Waals surface area contributed by atoms with E-state index in [1.807, 2.05) is 0 Å². The van der Waals surface area contributed by atoms with Gasteiger partial charge in [-0.2, -0.15) is 0 Å². The van der Waals surface area contributed by atoms with E-state index in [1.54, 1.807) is 0 Å². The normalized spacial score (nSPS) is 30.2. The van der Waals surface area contributed by atoms with Crippen LogP contribution in [0.1, 0.15) is 19.3 Å². The van der Waals surface area contributed by atoms with Crippen molar-refractivity contribution in [2.24, 2.45) is 0 Å². The summed E-state index contributed by atoms with van der Waals surface area (Å²) in [5.41, 5.74) is 0.460. The lowest BCUT2D eigenvalue weighted by atomic mass is 9.87. The summed E-state index contributed by atoms with van der Waals surface area (Å²) in [6.07, 6.45) is 3.90. The summed E-state index contributed by atoms with van der Waals surface area (Å²) in [6, 6.07) is 0. The summed E-state index contributed by atoms with van der Waals surface area (Å²) in [4.78, 5) is 2.58. The Kier molecular flexibility index (Phi) is 2.86. The molecule has 13 heavy (non-hydrogen) atoms. The highest BCUT2D eigenvalue weighted by Gasteiger charge is 2.36. The molecule has 0 amide bonds. The molecule has 3 nitrogen and oxygen atoms in total. The zero-order chi connectivity index (χ0) is 9.15. The average Bonchev–Trinajstić information content (AvgIpc) is 2.33. The second-order valence-electron chi connectivity index (χ2n) is 4.43. The highest BCUT2D eigenvalue weighted by Crippen LogP contribution is 2.25. The molecule has 1 spiro atoms. The molecule has 2 fully saturated rings. The molecule has 0 aromatic heterocycles. The van der Waals surface area contributed by atoms with E-state index >= 15 is 0 Å². The van der Waals surface area contributed by atoms with E-state index in [0.29, 0.717) is 5.54 Å². The number of hydrogen-bond donors (Lipinski definition) is 2. The molecule has 2 aliphatic rings. The lowest BCUT2D eigenvalue weighted by molar-refractivity contribution is 0.0941. The first-order valence-corrected chi connectivity index (χ1v) is 5.46. The molecule has 0 aromatic rings. The smallest absolute Gasteiger partial charge is 0.0355 e. The van der Waals surface area contributed by atoms with E-state index in [4.69, 9.17) is 0 Å². The number of nitrogens with one attached hydrogen (secondary N) is 2. The number of hydrogen-bond acceptors (Lipinski definition) is 3. The molecule has 2 heterocycles. The van der Waals surface area contributed by atoms with Crippen molar-refractivity contribution in [3.05, 3.63) is 0 Å². The largest absolute Gasteiger partial charge is 0.317 e. The predicted molar refractivity (Wildman–Crippen MR) is 55.0 cm³/mol. The van der Waals surface area contributed by atoms with E-state index in [9.17, 15) is 0 Å². The Morgan fingerprint density at radius 2 is 1.85 bits per heavy atom. The molecule has 2 aliphatic heterocycles. The van der Waals surface area contributed by atoms with Crippen LogP contribution in [0.25, 0.3) is 0 Å². The van der Waals surface area contributed by atoms with Gasteiger partial charge in [-0.1, -0.05) is 0 Å². The van der Waals surface area contributed by atoms with Crippen LogP contribution >= 0.6 is 0 Å². The van der Waals surface area contributed by atoms with Crippen LogP contribution in [0.5, 0.6) is 0 Å². The van der Waals surface area contributed by atoms with Gasteiger partial charge in [-0.3, -0.25) is 4.90 Å². The van der Waals surface area contributed by atoms with Crippen LogP contribution in [0.15, 0.2) is 0 Å². The average molecular weight is 183 g/mol. The molecule has 0 bridgehead atoms. The van der Waals surface area contributed by atoms with Crippen molar-refractivity contribution in [3.63, 3.8) is 0 Å². The van der Waals surface area contributed by atoms with Gasteiger partial charge in [-0.25, -0.2) is 0 Å². The summed E-state index contributed by atoms with van der Waals surface area (Å²) in [5.74, 6) is 0. The maximum Gasteiger partial charge on any atom is 0.0355 e. The third kappa shape index (κ3) is 1.87. The monoisotopic (exact) mass is 183 g/mol. The Morgan fingerprint density at radius 1 is 1.08 bits per heavy atom. The zero-order valence-corrected chi connectivity index (χ0v) is 8.60. The fraction of sp³-hybridized carbons (Fsp3) is 1.00. The zero-order valence-electron chi connectivity index (χ0n) is 8.60. The minimum absolute atomic E-state index is 0.460. The quantitative estimate of drug-likeness (QED) is 0.555. The second kappa shape index (κ2) is 3.95. The van der Waals surface area contributed by atoms with Crippen molar-refractivity contribution < 1.29 is 0 Å². The Morgan fingerprint density at radius 3 is 2.62 bits per heavy atom. The van der Waals surface area contributed by atoms with Crippen molar-refractivity contribution >= 4 is 0 Å². The summed E-state index contributed by atoms with van der Waals surface area (Å²) in [7, 11) is 2.29. The van der Waals surface area contributed by atoms with Crippen LogP contribution in [0.3, 0.4) is 0 Å². The van der Waals surface area contributed by atoms with Gasteiger partial charge in [0.15, 0.2) is 0 Å². The summed E-state index contributed by atoms with van der Waals surface area (Å²) in [5, 5.41) is 7.01. The van der Waals surface area contributed by atoms with Gasteiger partial charge in [0.05, 0.1) is 0 Å². The Hall–Kier alpha value is -0.120. The molecule has 0 saturated carbocycles.